The number of halogens is 6. The van der Waals surface area contributed by atoms with Crippen molar-refractivity contribution in [1.29, 1.82) is 0 Å². The molecule has 1 amide bonds. The van der Waals surface area contributed by atoms with E-state index >= 15 is 0 Å². The molecule has 0 aromatic carbocycles. The van der Waals surface area contributed by atoms with Gasteiger partial charge in [-0.2, -0.15) is 26.3 Å². The molecule has 138 valence electrons. The maximum absolute atomic E-state index is 12.8. The molecule has 0 aromatic heterocycles. The van der Waals surface area contributed by atoms with Crippen LogP contribution in [0.3, 0.4) is 0 Å². The lowest BCUT2D eigenvalue weighted by Gasteiger charge is -2.57. The number of carbonyl (C=O) groups excluding carboxylic acids is 1. The second-order valence-electron chi connectivity index (χ2n) is 6.95. The number of carbonyl (C=O) groups is 1. The highest BCUT2D eigenvalue weighted by Crippen LogP contribution is 2.44. The Balaban J connectivity index is 3.15. The average Bonchev–Trinajstić information content (AvgIpc) is 2.37. The molecule has 0 saturated carbocycles. The Morgan fingerprint density at radius 3 is 1.81 bits per heavy atom. The van der Waals surface area contributed by atoms with Gasteiger partial charge in [0.25, 0.3) is 5.50 Å². The molecule has 0 bridgehead atoms. The van der Waals surface area contributed by atoms with E-state index in [0.29, 0.717) is 4.90 Å². The molecule has 1 aliphatic rings. The number of rotatable bonds is 1. The molecule has 1 fully saturated rings. The van der Waals surface area contributed by atoms with Gasteiger partial charge in [0.15, 0.2) is 7.85 Å². The lowest BCUT2D eigenvalue weighted by molar-refractivity contribution is -0.331. The summed E-state index contributed by atoms with van der Waals surface area (Å²) in [5.74, 6) is -1.30. The first-order chi connectivity index (χ1) is 11.3. The molecule has 1 aliphatic heterocycles. The summed E-state index contributed by atoms with van der Waals surface area (Å²) >= 11 is 0. The van der Waals surface area contributed by atoms with Gasteiger partial charge < -0.3 is 14.5 Å². The first kappa shape index (κ1) is 23.1. The molecule has 1 saturated heterocycles. The smallest absolute Gasteiger partial charge is 0.427 e. The van der Waals surface area contributed by atoms with Crippen molar-refractivity contribution in [3.63, 3.8) is 0 Å². The Hall–Kier alpha value is -0.930. The molecule has 1 heterocycles. The zero-order valence-corrected chi connectivity index (χ0v) is 14.3. The molecule has 4 nitrogen and oxygen atoms in total. The maximum Gasteiger partial charge on any atom is 0.427 e. The van der Waals surface area contributed by atoms with Gasteiger partial charge >= 0.3 is 18.4 Å². The number of hydrogen-bond acceptors (Lipinski definition) is 3. The van der Waals surface area contributed by atoms with Crippen molar-refractivity contribution in [2.75, 3.05) is 13.1 Å². The summed E-state index contributed by atoms with van der Waals surface area (Å²) in [5, 5.41) is -2.30. The van der Waals surface area contributed by atoms with Crippen LogP contribution >= 0.6 is 0 Å². The van der Waals surface area contributed by atoms with E-state index in [0.717, 1.165) is 0 Å². The molecule has 14 heteroatoms. The summed E-state index contributed by atoms with van der Waals surface area (Å²) in [5.41, 5.74) is -5.81. The molecule has 0 aromatic rings. The van der Waals surface area contributed by atoms with Crippen LogP contribution in [0.1, 0.15) is 20.8 Å². The quantitative estimate of drug-likeness (QED) is 0.507. The van der Waals surface area contributed by atoms with E-state index in [1.54, 1.807) is 25.7 Å². The number of alkyl halides is 6. The largest absolute Gasteiger partial charge is 0.434 e. The fraction of sp³-hybridized carbons (Fsp3) is 0.917. The molecular weight excluding hydrogens is 361 g/mol. The minimum absolute atomic E-state index is 0.0223. The van der Waals surface area contributed by atoms with Gasteiger partial charge in [-0.3, -0.25) is 0 Å². The van der Waals surface area contributed by atoms with Gasteiger partial charge in [0, 0.05) is 18.6 Å². The molecule has 0 N–H and O–H groups in total. The standard InChI is InChI=1S/C12H14B4F6N2O2/c1-8(2,3)23-4-5-24(9(14,15)6(23)13)7(25)26-10(16,11(17,18)19)12(20,21)22/h6H,4-5H2,1-3H3. The second-order valence-corrected chi connectivity index (χ2v) is 6.95. The normalized spacial score (nSPS) is 23.0. The van der Waals surface area contributed by atoms with Gasteiger partial charge in [-0.05, 0) is 32.1 Å². The molecule has 8 radical (unpaired) electrons. The number of ether oxygens (including phenoxy) is 1. The summed E-state index contributed by atoms with van der Waals surface area (Å²) in [7, 11) is 21.6. The summed E-state index contributed by atoms with van der Waals surface area (Å²) < 4.78 is 80.3. The highest BCUT2D eigenvalue weighted by atomic mass is 19.4. The zero-order chi connectivity index (χ0) is 20.9. The van der Waals surface area contributed by atoms with Gasteiger partial charge in [-0.25, -0.2) is 4.79 Å². The first-order valence-corrected chi connectivity index (χ1v) is 7.30. The second kappa shape index (κ2) is 6.60. The van der Waals surface area contributed by atoms with Crippen LogP contribution in [0.15, 0.2) is 0 Å². The van der Waals surface area contributed by atoms with E-state index in [9.17, 15) is 31.1 Å². The molecule has 1 rings (SSSR count). The third-order valence-corrected chi connectivity index (χ3v) is 4.01. The number of nitrogens with zero attached hydrogens (tertiary/aromatic N) is 2. The molecule has 0 aliphatic carbocycles. The molecule has 1 atom stereocenters. The van der Waals surface area contributed by atoms with Crippen LogP contribution in [0.5, 0.6) is 0 Å². The van der Waals surface area contributed by atoms with Crippen LogP contribution in [-0.2, 0) is 4.74 Å². The molecule has 26 heavy (non-hydrogen) atoms. The molecule has 1 unspecified atom stereocenters. The van der Waals surface area contributed by atoms with E-state index in [1.165, 1.54) is 0 Å². The lowest BCUT2D eigenvalue weighted by Crippen LogP contribution is -2.74. The number of amides is 1. The third kappa shape index (κ3) is 3.99. The lowest BCUT2D eigenvalue weighted by atomic mass is 9.50. The minimum atomic E-state index is -6.12. The number of hydrogen-bond donors (Lipinski definition) is 0. The SMILES string of the molecule is [B]C1N(C(C)(C)C)CCN(C(=O)OC([B])(C(F)(F)F)C(F)(F)F)C1([B])[B]. The Bertz CT molecular complexity index is 535. The zero-order valence-electron chi connectivity index (χ0n) is 14.3. The third-order valence-electron chi connectivity index (χ3n) is 4.01. The van der Waals surface area contributed by atoms with E-state index < -0.39 is 47.3 Å². The highest BCUT2D eigenvalue weighted by molar-refractivity contribution is 6.44. The Morgan fingerprint density at radius 2 is 1.46 bits per heavy atom. The monoisotopic (exact) mass is 376 g/mol. The van der Waals surface area contributed by atoms with Gasteiger partial charge in [0.1, 0.15) is 0 Å². The van der Waals surface area contributed by atoms with E-state index in [4.69, 9.17) is 23.5 Å². The van der Waals surface area contributed by atoms with Crippen molar-refractivity contribution in [2.24, 2.45) is 0 Å². The van der Waals surface area contributed by atoms with E-state index in [2.05, 4.69) is 12.6 Å². The predicted molar refractivity (Wildman–Crippen MR) is 84.0 cm³/mol. The maximum atomic E-state index is 12.8. The van der Waals surface area contributed by atoms with Gasteiger partial charge in [0.05, 0.1) is 23.5 Å². The van der Waals surface area contributed by atoms with Crippen molar-refractivity contribution >= 4 is 37.5 Å². The Kier molecular flexibility index (Phi) is 5.86. The first-order valence-electron chi connectivity index (χ1n) is 7.30. The highest BCUT2D eigenvalue weighted by Gasteiger charge is 2.70. The predicted octanol–water partition coefficient (Wildman–Crippen LogP) is 1.01. The molecule has 0 spiro atoms. The van der Waals surface area contributed by atoms with Crippen molar-refractivity contribution in [3.8, 4) is 0 Å². The summed E-state index contributed by atoms with van der Waals surface area (Å²) in [4.78, 5) is 13.8. The van der Waals surface area contributed by atoms with Crippen LogP contribution in [0, 0.1) is 0 Å². The van der Waals surface area contributed by atoms with Gasteiger partial charge in [-0.1, -0.05) is 0 Å². The fourth-order valence-electron chi connectivity index (χ4n) is 2.42. The van der Waals surface area contributed by atoms with Crippen LogP contribution in [0.2, 0.25) is 0 Å². The topological polar surface area (TPSA) is 32.8 Å². The van der Waals surface area contributed by atoms with Crippen molar-refractivity contribution in [3.05, 3.63) is 0 Å². The summed E-state index contributed by atoms with van der Waals surface area (Å²) in [6, 6.07) is 0. The van der Waals surface area contributed by atoms with Crippen molar-refractivity contribution < 1.29 is 35.9 Å². The average molecular weight is 375 g/mol. The van der Waals surface area contributed by atoms with Gasteiger partial charge in [0.2, 0.25) is 0 Å². The van der Waals surface area contributed by atoms with Crippen molar-refractivity contribution in [2.45, 2.75) is 55.4 Å². The summed E-state index contributed by atoms with van der Waals surface area (Å²) in [6.07, 6.45) is -14.3. The summed E-state index contributed by atoms with van der Waals surface area (Å²) in [6.45, 7) is 4.74. The van der Waals surface area contributed by atoms with Crippen LogP contribution in [0.25, 0.3) is 0 Å². The Labute approximate surface area is 152 Å². The minimum Gasteiger partial charge on any atom is -0.434 e. The Morgan fingerprint density at radius 1 is 1.04 bits per heavy atom. The van der Waals surface area contributed by atoms with Crippen LogP contribution in [-0.4, -0.2) is 95.0 Å². The van der Waals surface area contributed by atoms with Gasteiger partial charge in [-0.15, -0.1) is 0 Å². The van der Waals surface area contributed by atoms with E-state index in [1.807, 2.05) is 0 Å². The molecular formula is C12H14B4F6N2O2. The van der Waals surface area contributed by atoms with Crippen molar-refractivity contribution in [1.82, 2.24) is 9.80 Å². The number of piperazine rings is 1. The van der Waals surface area contributed by atoms with Crippen LogP contribution in [0.4, 0.5) is 31.1 Å². The fourth-order valence-corrected chi connectivity index (χ4v) is 2.42. The van der Waals surface area contributed by atoms with Crippen LogP contribution < -0.4 is 0 Å². The van der Waals surface area contributed by atoms with E-state index in [-0.39, 0.29) is 6.54 Å².